The van der Waals surface area contributed by atoms with Crippen molar-refractivity contribution in [2.75, 3.05) is 26.4 Å². The van der Waals surface area contributed by atoms with Crippen LogP contribution in [-0.4, -0.2) is 37.3 Å². The first-order chi connectivity index (χ1) is 13.5. The minimum atomic E-state index is -0.836. The van der Waals surface area contributed by atoms with Crippen molar-refractivity contribution >= 4 is 27.3 Å². The first-order valence-corrected chi connectivity index (χ1v) is 11.4. The van der Waals surface area contributed by atoms with Gasteiger partial charge in [-0.1, -0.05) is 41.9 Å². The number of nitrogens with zero attached hydrogens (tertiary/aromatic N) is 1. The van der Waals surface area contributed by atoms with E-state index in [9.17, 15) is 0 Å². The number of hydrogen-bond donors (Lipinski definition) is 1. The normalized spacial score (nSPS) is 29.0. The molecule has 0 radical (unpaired) electrons. The Hall–Kier alpha value is -0.830. The number of ether oxygens (including phenoxy) is 3. The lowest BCUT2D eigenvalue weighted by Crippen LogP contribution is -2.59. The van der Waals surface area contributed by atoms with E-state index in [0.29, 0.717) is 25.7 Å². The van der Waals surface area contributed by atoms with Gasteiger partial charge < -0.3 is 19.5 Å². The van der Waals surface area contributed by atoms with E-state index in [0.717, 1.165) is 28.9 Å². The number of hydrogen-bond acceptors (Lipinski definition) is 6. The van der Waals surface area contributed by atoms with Gasteiger partial charge in [0.25, 0.3) is 5.97 Å². The molecule has 5 rings (SSSR count). The second-order valence-electron chi connectivity index (χ2n) is 8.27. The van der Waals surface area contributed by atoms with Crippen molar-refractivity contribution in [3.63, 3.8) is 0 Å². The van der Waals surface area contributed by atoms with Crippen LogP contribution in [0.1, 0.15) is 43.3 Å². The Bertz CT molecular complexity index is 744. The molecule has 3 aliphatic rings. The number of nitrogens with one attached hydrogen (secondary N) is 1. The molecule has 2 unspecified atom stereocenters. The predicted molar refractivity (Wildman–Crippen MR) is 113 cm³/mol. The number of fused-ring (bicyclic) bond motifs is 3. The summed E-state index contributed by atoms with van der Waals surface area (Å²) in [6, 6.07) is 8.54. The molecule has 3 aliphatic heterocycles. The largest absolute Gasteiger partial charge is 0.327 e. The molecule has 2 atom stereocenters. The molecule has 1 aromatic heterocycles. The van der Waals surface area contributed by atoms with Gasteiger partial charge in [-0.15, -0.1) is 11.3 Å². The van der Waals surface area contributed by atoms with Gasteiger partial charge in [-0.25, -0.2) is 4.98 Å². The summed E-state index contributed by atoms with van der Waals surface area (Å²) in [6.45, 7) is 7.40. The van der Waals surface area contributed by atoms with Crippen LogP contribution >= 0.6 is 27.3 Å². The fourth-order valence-electron chi connectivity index (χ4n) is 3.66. The smallest absolute Gasteiger partial charge is 0.283 e. The highest BCUT2D eigenvalue weighted by Crippen LogP contribution is 2.41. The fourth-order valence-corrected chi connectivity index (χ4v) is 4.66. The average molecular weight is 467 g/mol. The van der Waals surface area contributed by atoms with E-state index in [-0.39, 0.29) is 11.5 Å². The molecule has 1 aromatic carbocycles. The van der Waals surface area contributed by atoms with Crippen LogP contribution in [0.4, 0.5) is 0 Å². The van der Waals surface area contributed by atoms with E-state index in [1.54, 1.807) is 11.3 Å². The lowest BCUT2D eigenvalue weighted by atomic mass is 9.90. The lowest BCUT2D eigenvalue weighted by molar-refractivity contribution is -0.470. The fraction of sp³-hybridized carbons (Fsp3) is 0.571. The maximum Gasteiger partial charge on any atom is 0.283 e. The van der Waals surface area contributed by atoms with E-state index in [1.807, 2.05) is 11.6 Å². The Morgan fingerprint density at radius 3 is 2.46 bits per heavy atom. The standard InChI is InChI=1S/C21H27BrN2O3S/c1-15(11-21-25-12-20(2,13-26-21)14-27-21)7-8-23-18(19-24-9-10-28-19)16-3-5-17(22)6-4-16/h3-6,9-10,15,18,23H,7-8,11-14H2,1-2H3. The molecule has 1 N–H and O–H groups in total. The van der Waals surface area contributed by atoms with Gasteiger partial charge in [-0.05, 0) is 36.6 Å². The van der Waals surface area contributed by atoms with Gasteiger partial charge in [0.05, 0.1) is 25.9 Å². The molecular formula is C21H27BrN2O3S. The summed E-state index contributed by atoms with van der Waals surface area (Å²) in [5.41, 5.74) is 1.23. The maximum atomic E-state index is 5.93. The van der Waals surface area contributed by atoms with E-state index in [4.69, 9.17) is 14.2 Å². The zero-order valence-electron chi connectivity index (χ0n) is 16.3. The van der Waals surface area contributed by atoms with Gasteiger partial charge in [0.15, 0.2) is 0 Å². The molecule has 7 heteroatoms. The van der Waals surface area contributed by atoms with Crippen LogP contribution in [0, 0.1) is 11.3 Å². The summed E-state index contributed by atoms with van der Waals surface area (Å²) < 4.78 is 18.9. The highest BCUT2D eigenvalue weighted by Gasteiger charge is 2.50. The highest BCUT2D eigenvalue weighted by atomic mass is 79.9. The second kappa shape index (κ2) is 8.50. The Kier molecular flexibility index (Phi) is 6.20. The minimum Gasteiger partial charge on any atom is -0.327 e. The predicted octanol–water partition coefficient (Wildman–Crippen LogP) is 4.74. The molecule has 4 heterocycles. The summed E-state index contributed by atoms with van der Waals surface area (Å²) in [4.78, 5) is 4.53. The molecule has 0 aliphatic carbocycles. The third-order valence-electron chi connectivity index (χ3n) is 5.41. The van der Waals surface area contributed by atoms with E-state index in [2.05, 4.69) is 64.3 Å². The van der Waals surface area contributed by atoms with Crippen LogP contribution in [0.2, 0.25) is 0 Å². The molecule has 3 fully saturated rings. The summed E-state index contributed by atoms with van der Waals surface area (Å²) in [7, 11) is 0. The number of halogens is 1. The number of rotatable bonds is 8. The van der Waals surface area contributed by atoms with Crippen molar-refractivity contribution in [1.82, 2.24) is 10.3 Å². The highest BCUT2D eigenvalue weighted by molar-refractivity contribution is 9.10. The van der Waals surface area contributed by atoms with Crippen LogP contribution in [0.25, 0.3) is 0 Å². The quantitative estimate of drug-likeness (QED) is 0.608. The second-order valence-corrected chi connectivity index (χ2v) is 10.1. The first-order valence-electron chi connectivity index (χ1n) is 9.77. The van der Waals surface area contributed by atoms with Crippen LogP contribution in [0.5, 0.6) is 0 Å². The molecule has 28 heavy (non-hydrogen) atoms. The van der Waals surface area contributed by atoms with E-state index < -0.39 is 5.97 Å². The van der Waals surface area contributed by atoms with Gasteiger partial charge in [-0.3, -0.25) is 0 Å². The van der Waals surface area contributed by atoms with Crippen molar-refractivity contribution in [1.29, 1.82) is 0 Å². The summed E-state index contributed by atoms with van der Waals surface area (Å²) in [6.07, 6.45) is 3.62. The van der Waals surface area contributed by atoms with Crippen LogP contribution in [-0.2, 0) is 14.2 Å². The minimum absolute atomic E-state index is 0.0121. The first kappa shape index (κ1) is 20.4. The van der Waals surface area contributed by atoms with Gasteiger partial charge in [-0.2, -0.15) is 0 Å². The molecular weight excluding hydrogens is 440 g/mol. The number of aromatic nitrogens is 1. The van der Waals surface area contributed by atoms with Gasteiger partial charge >= 0.3 is 0 Å². The zero-order valence-corrected chi connectivity index (χ0v) is 18.7. The van der Waals surface area contributed by atoms with Crippen molar-refractivity contribution in [2.45, 2.75) is 38.7 Å². The molecule has 3 saturated heterocycles. The van der Waals surface area contributed by atoms with Crippen molar-refractivity contribution in [3.05, 3.63) is 50.9 Å². The molecule has 2 bridgehead atoms. The Labute approximate surface area is 178 Å². The Balaban J connectivity index is 1.32. The Morgan fingerprint density at radius 1 is 1.18 bits per heavy atom. The maximum absolute atomic E-state index is 5.93. The van der Waals surface area contributed by atoms with Crippen molar-refractivity contribution in [2.24, 2.45) is 11.3 Å². The van der Waals surface area contributed by atoms with E-state index in [1.165, 1.54) is 5.56 Å². The summed E-state index contributed by atoms with van der Waals surface area (Å²) >= 11 is 5.19. The van der Waals surface area contributed by atoms with Crippen molar-refractivity contribution in [3.8, 4) is 0 Å². The third kappa shape index (κ3) is 4.66. The average Bonchev–Trinajstić information content (AvgIpc) is 3.22. The SMILES string of the molecule is CC(CCNC(c1ccc(Br)cc1)c1nccs1)CC12OCC(C)(CO1)CO2. The summed E-state index contributed by atoms with van der Waals surface area (Å²) in [5, 5.41) is 6.79. The third-order valence-corrected chi connectivity index (χ3v) is 6.78. The molecule has 0 saturated carbocycles. The van der Waals surface area contributed by atoms with Crippen LogP contribution in [0.3, 0.4) is 0 Å². The molecule has 0 amide bonds. The van der Waals surface area contributed by atoms with Gasteiger partial charge in [0.2, 0.25) is 0 Å². The lowest BCUT2D eigenvalue weighted by Gasteiger charge is -2.51. The Morgan fingerprint density at radius 2 is 1.86 bits per heavy atom. The topological polar surface area (TPSA) is 52.6 Å². The van der Waals surface area contributed by atoms with Crippen LogP contribution < -0.4 is 5.32 Å². The van der Waals surface area contributed by atoms with Gasteiger partial charge in [0.1, 0.15) is 5.01 Å². The molecule has 152 valence electrons. The zero-order chi connectivity index (χ0) is 19.6. The molecule has 2 aromatic rings. The summed E-state index contributed by atoms with van der Waals surface area (Å²) in [5.74, 6) is -0.422. The monoisotopic (exact) mass is 466 g/mol. The molecule has 0 spiro atoms. The van der Waals surface area contributed by atoms with Crippen LogP contribution in [0.15, 0.2) is 40.3 Å². The van der Waals surface area contributed by atoms with Crippen molar-refractivity contribution < 1.29 is 14.2 Å². The molecule has 5 nitrogen and oxygen atoms in total. The number of thiazole rings is 1. The van der Waals surface area contributed by atoms with Gasteiger partial charge in [0, 0.05) is 27.9 Å². The number of benzene rings is 1. The van der Waals surface area contributed by atoms with E-state index >= 15 is 0 Å².